The highest BCUT2D eigenvalue weighted by molar-refractivity contribution is 5.54. The van der Waals surface area contributed by atoms with Gasteiger partial charge in [-0.15, -0.1) is 0 Å². The lowest BCUT2D eigenvalue weighted by Gasteiger charge is -2.11. The first-order valence-corrected chi connectivity index (χ1v) is 6.96. The number of nitrogen functional groups attached to an aromatic ring is 1. The summed E-state index contributed by atoms with van der Waals surface area (Å²) >= 11 is 0. The lowest BCUT2D eigenvalue weighted by molar-refractivity contribution is 0.832. The van der Waals surface area contributed by atoms with Crippen LogP contribution in [-0.4, -0.2) is 21.5 Å². The van der Waals surface area contributed by atoms with Crippen LogP contribution in [0.15, 0.2) is 24.5 Å². The Kier molecular flexibility index (Phi) is 4.87. The molecule has 2 heterocycles. The molecule has 0 unspecified atom stereocenters. The number of aryl methyl sites for hydroxylation is 1. The van der Waals surface area contributed by atoms with Gasteiger partial charge in [0.05, 0.1) is 0 Å². The number of rotatable bonds is 6. The summed E-state index contributed by atoms with van der Waals surface area (Å²) < 4.78 is 0. The van der Waals surface area contributed by atoms with E-state index in [1.54, 1.807) is 0 Å². The van der Waals surface area contributed by atoms with Crippen molar-refractivity contribution in [2.45, 2.75) is 33.1 Å². The molecule has 106 valence electrons. The van der Waals surface area contributed by atoms with Crippen molar-refractivity contribution in [3.63, 3.8) is 0 Å². The van der Waals surface area contributed by atoms with Gasteiger partial charge in [0.1, 0.15) is 17.5 Å². The quantitative estimate of drug-likeness (QED) is 0.843. The van der Waals surface area contributed by atoms with E-state index in [-0.39, 0.29) is 0 Å². The van der Waals surface area contributed by atoms with Crippen LogP contribution < -0.4 is 11.1 Å². The van der Waals surface area contributed by atoms with E-state index >= 15 is 0 Å². The molecule has 2 aromatic heterocycles. The molecule has 0 bridgehead atoms. The van der Waals surface area contributed by atoms with E-state index in [1.165, 1.54) is 5.56 Å². The first kappa shape index (κ1) is 14.2. The molecule has 0 aliphatic carbocycles. The minimum absolute atomic E-state index is 0.565. The standard InChI is InChI=1S/C15H21N5/c1-3-4-13-19-14(16)11(2)15(20-13)18-10-7-12-5-8-17-9-6-12/h5-6,8-9H,3-4,7,10H2,1-2H3,(H3,16,18,19,20). The maximum Gasteiger partial charge on any atom is 0.134 e. The fourth-order valence-electron chi connectivity index (χ4n) is 1.96. The molecule has 0 atom stereocenters. The van der Waals surface area contributed by atoms with Crippen LogP contribution in [0, 0.1) is 6.92 Å². The second-order valence-electron chi connectivity index (χ2n) is 4.78. The van der Waals surface area contributed by atoms with Crippen LogP contribution in [0.25, 0.3) is 0 Å². The van der Waals surface area contributed by atoms with E-state index in [0.29, 0.717) is 5.82 Å². The van der Waals surface area contributed by atoms with Gasteiger partial charge in [-0.25, -0.2) is 9.97 Å². The number of hydrogen-bond acceptors (Lipinski definition) is 5. The monoisotopic (exact) mass is 271 g/mol. The molecule has 0 fully saturated rings. The molecule has 2 rings (SSSR count). The summed E-state index contributed by atoms with van der Waals surface area (Å²) in [5.41, 5.74) is 8.10. The number of anilines is 2. The third kappa shape index (κ3) is 3.66. The molecule has 0 saturated carbocycles. The van der Waals surface area contributed by atoms with Crippen molar-refractivity contribution in [1.82, 2.24) is 15.0 Å². The minimum Gasteiger partial charge on any atom is -0.383 e. The molecule has 0 spiro atoms. The molecule has 20 heavy (non-hydrogen) atoms. The van der Waals surface area contributed by atoms with E-state index in [9.17, 15) is 0 Å². The summed E-state index contributed by atoms with van der Waals surface area (Å²) in [5.74, 6) is 2.21. The predicted octanol–water partition coefficient (Wildman–Crippen LogP) is 2.37. The lowest BCUT2D eigenvalue weighted by atomic mass is 10.2. The van der Waals surface area contributed by atoms with Gasteiger partial charge in [0.15, 0.2) is 0 Å². The normalized spacial score (nSPS) is 10.5. The Morgan fingerprint density at radius 2 is 1.90 bits per heavy atom. The third-order valence-electron chi connectivity index (χ3n) is 3.16. The van der Waals surface area contributed by atoms with Gasteiger partial charge in [0.2, 0.25) is 0 Å². The van der Waals surface area contributed by atoms with Gasteiger partial charge in [-0.05, 0) is 37.5 Å². The Balaban J connectivity index is 2.01. The number of nitrogens with one attached hydrogen (secondary N) is 1. The number of hydrogen-bond donors (Lipinski definition) is 2. The second-order valence-corrected chi connectivity index (χ2v) is 4.78. The Bertz CT molecular complexity index is 554. The van der Waals surface area contributed by atoms with Gasteiger partial charge in [-0.2, -0.15) is 0 Å². The van der Waals surface area contributed by atoms with Crippen molar-refractivity contribution < 1.29 is 0 Å². The summed E-state index contributed by atoms with van der Waals surface area (Å²) in [4.78, 5) is 12.9. The van der Waals surface area contributed by atoms with E-state index in [1.807, 2.05) is 31.5 Å². The van der Waals surface area contributed by atoms with Gasteiger partial charge >= 0.3 is 0 Å². The van der Waals surface area contributed by atoms with Gasteiger partial charge in [0, 0.05) is 30.9 Å². The minimum atomic E-state index is 0.565. The first-order valence-electron chi connectivity index (χ1n) is 6.96. The number of nitrogens with two attached hydrogens (primary N) is 1. The molecule has 5 heteroatoms. The SMILES string of the molecule is CCCc1nc(N)c(C)c(NCCc2ccncc2)n1. The molecule has 2 aromatic rings. The van der Waals surface area contributed by atoms with Crippen molar-refractivity contribution in [2.75, 3.05) is 17.6 Å². The van der Waals surface area contributed by atoms with E-state index in [0.717, 1.165) is 43.0 Å². The van der Waals surface area contributed by atoms with E-state index < -0.39 is 0 Å². The van der Waals surface area contributed by atoms with Gasteiger partial charge in [0.25, 0.3) is 0 Å². The predicted molar refractivity (Wildman–Crippen MR) is 81.6 cm³/mol. The van der Waals surface area contributed by atoms with Crippen LogP contribution in [0.5, 0.6) is 0 Å². The molecular formula is C15H21N5. The average molecular weight is 271 g/mol. The fraction of sp³-hybridized carbons (Fsp3) is 0.400. The highest BCUT2D eigenvalue weighted by Gasteiger charge is 2.07. The summed E-state index contributed by atoms with van der Waals surface area (Å²) in [6.45, 7) is 4.86. The summed E-state index contributed by atoms with van der Waals surface area (Å²) in [7, 11) is 0. The van der Waals surface area contributed by atoms with E-state index in [4.69, 9.17) is 5.73 Å². The second kappa shape index (κ2) is 6.84. The topological polar surface area (TPSA) is 76.7 Å². The molecule has 0 aliphatic heterocycles. The maximum atomic E-state index is 5.94. The summed E-state index contributed by atoms with van der Waals surface area (Å²) in [6, 6.07) is 4.04. The molecule has 0 aromatic carbocycles. The summed E-state index contributed by atoms with van der Waals surface area (Å²) in [5, 5.41) is 3.35. The molecule has 0 amide bonds. The van der Waals surface area contributed by atoms with Crippen molar-refractivity contribution in [3.8, 4) is 0 Å². The fourth-order valence-corrected chi connectivity index (χ4v) is 1.96. The van der Waals surface area contributed by atoms with Gasteiger partial charge in [-0.1, -0.05) is 6.92 Å². The molecule has 5 nitrogen and oxygen atoms in total. The average Bonchev–Trinajstić information content (AvgIpc) is 2.45. The van der Waals surface area contributed by atoms with Crippen LogP contribution in [0.3, 0.4) is 0 Å². The zero-order valence-electron chi connectivity index (χ0n) is 12.1. The van der Waals surface area contributed by atoms with Crippen molar-refractivity contribution in [3.05, 3.63) is 41.5 Å². The Morgan fingerprint density at radius 3 is 2.60 bits per heavy atom. The van der Waals surface area contributed by atoms with Crippen molar-refractivity contribution >= 4 is 11.6 Å². The van der Waals surface area contributed by atoms with Crippen LogP contribution in [0.4, 0.5) is 11.6 Å². The van der Waals surface area contributed by atoms with E-state index in [2.05, 4.69) is 27.2 Å². The van der Waals surface area contributed by atoms with Crippen LogP contribution in [0.1, 0.15) is 30.3 Å². The van der Waals surface area contributed by atoms with Crippen molar-refractivity contribution in [2.24, 2.45) is 0 Å². The molecular weight excluding hydrogens is 250 g/mol. The Labute approximate surface area is 119 Å². The Hall–Kier alpha value is -2.17. The lowest BCUT2D eigenvalue weighted by Crippen LogP contribution is -2.12. The molecule has 0 saturated heterocycles. The van der Waals surface area contributed by atoms with Crippen LogP contribution in [-0.2, 0) is 12.8 Å². The summed E-state index contributed by atoms with van der Waals surface area (Å²) in [6.07, 6.45) is 6.41. The van der Waals surface area contributed by atoms with Crippen molar-refractivity contribution in [1.29, 1.82) is 0 Å². The molecule has 3 N–H and O–H groups in total. The number of pyridine rings is 1. The maximum absolute atomic E-state index is 5.94. The van der Waals surface area contributed by atoms with Crippen LogP contribution >= 0.6 is 0 Å². The smallest absolute Gasteiger partial charge is 0.134 e. The Morgan fingerprint density at radius 1 is 1.15 bits per heavy atom. The molecule has 0 aliphatic rings. The first-order chi connectivity index (χ1) is 9.70. The zero-order chi connectivity index (χ0) is 14.4. The number of nitrogens with zero attached hydrogens (tertiary/aromatic N) is 3. The highest BCUT2D eigenvalue weighted by Crippen LogP contribution is 2.17. The van der Waals surface area contributed by atoms with Crippen LogP contribution in [0.2, 0.25) is 0 Å². The highest BCUT2D eigenvalue weighted by atomic mass is 15.1. The van der Waals surface area contributed by atoms with Gasteiger partial charge < -0.3 is 11.1 Å². The zero-order valence-corrected chi connectivity index (χ0v) is 12.1. The number of aromatic nitrogens is 3. The third-order valence-corrected chi connectivity index (χ3v) is 3.16. The molecule has 0 radical (unpaired) electrons. The van der Waals surface area contributed by atoms with Gasteiger partial charge in [-0.3, -0.25) is 4.98 Å². The largest absolute Gasteiger partial charge is 0.383 e.